The summed E-state index contributed by atoms with van der Waals surface area (Å²) in [6.07, 6.45) is 22.3. The normalized spacial score (nSPS) is 23.8. The Bertz CT molecular complexity index is 274. The maximum absolute atomic E-state index is 2.58. The zero-order valence-corrected chi connectivity index (χ0v) is 14.3. The molecule has 0 fully saturated rings. The van der Waals surface area contributed by atoms with Crippen LogP contribution in [0.2, 0.25) is 0 Å². The standard InChI is InChI=1S/C17H30P2/c1-3-7-11-16(12-8-4-1)18-15-19-17-13-9-5-2-6-10-14-17/h11,13,18-19H,1-10,12,14-15H2. The van der Waals surface area contributed by atoms with Crippen molar-refractivity contribution in [2.24, 2.45) is 0 Å². The fourth-order valence-corrected chi connectivity index (χ4v) is 6.43. The number of hydrogen-bond donors (Lipinski definition) is 0. The van der Waals surface area contributed by atoms with E-state index < -0.39 is 0 Å². The van der Waals surface area contributed by atoms with Crippen molar-refractivity contribution in [1.82, 2.24) is 0 Å². The minimum atomic E-state index is 1.13. The van der Waals surface area contributed by atoms with E-state index in [0.717, 1.165) is 17.2 Å². The van der Waals surface area contributed by atoms with Gasteiger partial charge < -0.3 is 0 Å². The van der Waals surface area contributed by atoms with Gasteiger partial charge in [-0.1, -0.05) is 65.6 Å². The van der Waals surface area contributed by atoms with Crippen molar-refractivity contribution in [3.05, 3.63) is 22.8 Å². The molecule has 0 radical (unpaired) electrons. The van der Waals surface area contributed by atoms with E-state index in [2.05, 4.69) is 12.2 Å². The quantitative estimate of drug-likeness (QED) is 0.502. The Kier molecular flexibility index (Phi) is 8.38. The molecule has 2 rings (SSSR count). The molecule has 0 bridgehead atoms. The highest BCUT2D eigenvalue weighted by atomic mass is 31.1. The van der Waals surface area contributed by atoms with Crippen LogP contribution in [0.5, 0.6) is 0 Å². The van der Waals surface area contributed by atoms with E-state index in [4.69, 9.17) is 0 Å². The van der Waals surface area contributed by atoms with Crippen LogP contribution in [0.4, 0.5) is 0 Å². The Labute approximate surface area is 123 Å². The zero-order valence-electron chi connectivity index (χ0n) is 12.3. The van der Waals surface area contributed by atoms with Gasteiger partial charge in [0.1, 0.15) is 0 Å². The molecule has 0 amide bonds. The first-order chi connectivity index (χ1) is 9.45. The summed E-state index contributed by atoms with van der Waals surface area (Å²) in [6.45, 7) is 0. The van der Waals surface area contributed by atoms with Gasteiger partial charge in [0, 0.05) is 0 Å². The van der Waals surface area contributed by atoms with E-state index in [1.54, 1.807) is 10.6 Å². The fraction of sp³-hybridized carbons (Fsp3) is 0.765. The van der Waals surface area contributed by atoms with Crippen LogP contribution >= 0.6 is 17.2 Å². The molecule has 0 saturated heterocycles. The van der Waals surface area contributed by atoms with Gasteiger partial charge in [-0.2, -0.15) is 0 Å². The molecule has 0 saturated carbocycles. The van der Waals surface area contributed by atoms with E-state index in [1.807, 2.05) is 0 Å². The predicted molar refractivity (Wildman–Crippen MR) is 93.1 cm³/mol. The molecule has 2 unspecified atom stereocenters. The first-order valence-electron chi connectivity index (χ1n) is 8.31. The van der Waals surface area contributed by atoms with Crippen molar-refractivity contribution >= 4 is 17.2 Å². The molecular weight excluding hydrogens is 266 g/mol. The van der Waals surface area contributed by atoms with E-state index in [0.29, 0.717) is 0 Å². The third-order valence-electron chi connectivity index (χ3n) is 4.21. The molecule has 2 atom stereocenters. The van der Waals surface area contributed by atoms with E-state index in [9.17, 15) is 0 Å². The highest BCUT2D eigenvalue weighted by Gasteiger charge is 2.05. The lowest BCUT2D eigenvalue weighted by Crippen LogP contribution is -1.88. The second-order valence-corrected chi connectivity index (χ2v) is 9.30. The lowest BCUT2D eigenvalue weighted by Gasteiger charge is -2.14. The van der Waals surface area contributed by atoms with Crippen molar-refractivity contribution in [2.45, 2.75) is 77.0 Å². The molecule has 0 heterocycles. The SMILES string of the molecule is C1=C(PCPC2=CCCCCCC2)CCCCCC1. The summed E-state index contributed by atoms with van der Waals surface area (Å²) in [5, 5.41) is 3.61. The van der Waals surface area contributed by atoms with Gasteiger partial charge in [0.15, 0.2) is 0 Å². The number of allylic oxidation sites excluding steroid dienone is 4. The average molecular weight is 296 g/mol. The highest BCUT2D eigenvalue weighted by Crippen LogP contribution is 2.41. The van der Waals surface area contributed by atoms with Crippen LogP contribution in [0.1, 0.15) is 77.0 Å². The van der Waals surface area contributed by atoms with Crippen LogP contribution in [0.25, 0.3) is 0 Å². The summed E-state index contributed by atoms with van der Waals surface area (Å²) in [5.74, 6) is 1.46. The van der Waals surface area contributed by atoms with Crippen LogP contribution in [0.3, 0.4) is 0 Å². The summed E-state index contributed by atoms with van der Waals surface area (Å²) in [6, 6.07) is 0. The Morgan fingerprint density at radius 3 is 1.63 bits per heavy atom. The first-order valence-corrected chi connectivity index (χ1v) is 10.7. The number of hydrogen-bond acceptors (Lipinski definition) is 0. The van der Waals surface area contributed by atoms with Gasteiger partial charge in [0.25, 0.3) is 0 Å². The van der Waals surface area contributed by atoms with Gasteiger partial charge in [-0.3, -0.25) is 0 Å². The van der Waals surface area contributed by atoms with Crippen LogP contribution in [0, 0.1) is 0 Å². The van der Waals surface area contributed by atoms with Crippen molar-refractivity contribution < 1.29 is 0 Å². The van der Waals surface area contributed by atoms with Gasteiger partial charge in [0.2, 0.25) is 0 Å². The molecule has 0 aromatic heterocycles. The van der Waals surface area contributed by atoms with E-state index in [-0.39, 0.29) is 0 Å². The smallest absolute Gasteiger partial charge is 0.0101 e. The molecule has 0 N–H and O–H groups in total. The maximum atomic E-state index is 2.58. The van der Waals surface area contributed by atoms with Gasteiger partial charge in [0.05, 0.1) is 0 Å². The molecule has 2 aliphatic carbocycles. The molecule has 0 nitrogen and oxygen atoms in total. The third-order valence-corrected chi connectivity index (χ3v) is 7.44. The minimum Gasteiger partial charge on any atom is -0.0907 e. The molecule has 0 aromatic rings. The van der Waals surface area contributed by atoms with Gasteiger partial charge >= 0.3 is 0 Å². The Morgan fingerprint density at radius 2 is 1.11 bits per heavy atom. The Balaban J connectivity index is 1.69. The molecule has 19 heavy (non-hydrogen) atoms. The summed E-state index contributed by atoms with van der Waals surface area (Å²) in [4.78, 5) is 0. The summed E-state index contributed by atoms with van der Waals surface area (Å²) < 4.78 is 0. The van der Waals surface area contributed by atoms with E-state index in [1.165, 1.54) is 83.0 Å². The van der Waals surface area contributed by atoms with Crippen molar-refractivity contribution in [3.63, 3.8) is 0 Å². The lowest BCUT2D eigenvalue weighted by molar-refractivity contribution is 0.634. The molecule has 2 aliphatic rings. The monoisotopic (exact) mass is 296 g/mol. The van der Waals surface area contributed by atoms with Crippen LogP contribution in [-0.4, -0.2) is 5.90 Å². The average Bonchev–Trinajstić information content (AvgIpc) is 2.33. The lowest BCUT2D eigenvalue weighted by atomic mass is 10.1. The second kappa shape index (κ2) is 10.1. The second-order valence-electron chi connectivity index (χ2n) is 5.89. The summed E-state index contributed by atoms with van der Waals surface area (Å²) in [7, 11) is 2.25. The third kappa shape index (κ3) is 7.06. The van der Waals surface area contributed by atoms with Gasteiger partial charge in [-0.25, -0.2) is 0 Å². The van der Waals surface area contributed by atoms with Crippen LogP contribution in [-0.2, 0) is 0 Å². The van der Waals surface area contributed by atoms with E-state index >= 15 is 0 Å². The fourth-order valence-electron chi connectivity index (χ4n) is 2.98. The summed E-state index contributed by atoms with van der Waals surface area (Å²) in [5.41, 5.74) is 0. The molecule has 0 spiro atoms. The molecule has 0 aliphatic heterocycles. The van der Waals surface area contributed by atoms with Gasteiger partial charge in [-0.15, -0.1) is 0 Å². The Morgan fingerprint density at radius 1 is 0.632 bits per heavy atom. The van der Waals surface area contributed by atoms with Crippen LogP contribution < -0.4 is 0 Å². The number of rotatable bonds is 4. The maximum Gasteiger partial charge on any atom is -0.0101 e. The van der Waals surface area contributed by atoms with Crippen molar-refractivity contribution in [3.8, 4) is 0 Å². The molecule has 2 heteroatoms. The highest BCUT2D eigenvalue weighted by molar-refractivity contribution is 7.60. The molecule has 0 aromatic carbocycles. The zero-order chi connectivity index (χ0) is 13.2. The van der Waals surface area contributed by atoms with Crippen molar-refractivity contribution in [2.75, 3.05) is 5.90 Å². The Hall–Kier alpha value is 0.340. The topological polar surface area (TPSA) is 0 Å². The largest absolute Gasteiger partial charge is 0.0907 e. The predicted octanol–water partition coefficient (Wildman–Crippen LogP) is 6.78. The van der Waals surface area contributed by atoms with Gasteiger partial charge in [-0.05, 0) is 57.3 Å². The molecule has 108 valence electrons. The molecular formula is C17H30P2. The van der Waals surface area contributed by atoms with Crippen molar-refractivity contribution in [1.29, 1.82) is 0 Å². The summed E-state index contributed by atoms with van der Waals surface area (Å²) >= 11 is 0. The first kappa shape index (κ1) is 15.7. The minimum absolute atomic E-state index is 1.13. The van der Waals surface area contributed by atoms with Crippen LogP contribution in [0.15, 0.2) is 22.8 Å².